The third-order valence-electron chi connectivity index (χ3n) is 1.86. The van der Waals surface area contributed by atoms with Gasteiger partial charge in [-0.2, -0.15) is 0 Å². The van der Waals surface area contributed by atoms with Crippen LogP contribution in [0.1, 0.15) is 10.4 Å². The van der Waals surface area contributed by atoms with E-state index in [2.05, 4.69) is 0 Å². The molecule has 0 aliphatic rings. The van der Waals surface area contributed by atoms with Crippen LogP contribution < -0.4 is 10.6 Å². The highest BCUT2D eigenvalue weighted by atomic mass is 16.1. The average molecular weight is 192 g/mol. The van der Waals surface area contributed by atoms with Crippen molar-refractivity contribution in [3.8, 4) is 0 Å². The number of rotatable bonds is 4. The van der Waals surface area contributed by atoms with Crippen LogP contribution in [0.25, 0.3) is 0 Å². The lowest BCUT2D eigenvalue weighted by atomic mass is 10.2. The first-order chi connectivity index (χ1) is 6.63. The molecule has 0 aliphatic carbocycles. The molecule has 1 aromatic carbocycles. The highest BCUT2D eigenvalue weighted by Crippen LogP contribution is 2.12. The number of carbonyl (C=O) groups excluding carboxylic acids is 2. The van der Waals surface area contributed by atoms with Crippen molar-refractivity contribution in [2.45, 2.75) is 0 Å². The standard InChI is InChI=1S/C10H12N2O2/c1-12(6-10(11)14)9-4-2-8(7-13)3-5-9/h2-5,7H,6H2,1H3,(H2,11,14). The van der Waals surface area contributed by atoms with Gasteiger partial charge in [0.25, 0.3) is 0 Å². The van der Waals surface area contributed by atoms with Crippen LogP contribution >= 0.6 is 0 Å². The number of likely N-dealkylation sites (N-methyl/N-ethyl adjacent to an activating group) is 1. The second-order valence-corrected chi connectivity index (χ2v) is 3.03. The molecular formula is C10H12N2O2. The van der Waals surface area contributed by atoms with Gasteiger partial charge in [0.05, 0.1) is 6.54 Å². The van der Waals surface area contributed by atoms with Crippen molar-refractivity contribution in [3.63, 3.8) is 0 Å². The third kappa shape index (κ3) is 2.58. The minimum Gasteiger partial charge on any atom is -0.368 e. The zero-order chi connectivity index (χ0) is 10.6. The molecule has 0 radical (unpaired) electrons. The molecule has 4 heteroatoms. The first kappa shape index (κ1) is 10.2. The van der Waals surface area contributed by atoms with Crippen molar-refractivity contribution in [2.24, 2.45) is 5.73 Å². The molecule has 1 aromatic rings. The Morgan fingerprint density at radius 1 is 1.43 bits per heavy atom. The van der Waals surface area contributed by atoms with Gasteiger partial charge >= 0.3 is 0 Å². The van der Waals surface area contributed by atoms with Crippen LogP contribution in [0.15, 0.2) is 24.3 Å². The molecule has 2 N–H and O–H groups in total. The number of benzene rings is 1. The van der Waals surface area contributed by atoms with E-state index in [0.717, 1.165) is 12.0 Å². The molecule has 14 heavy (non-hydrogen) atoms. The van der Waals surface area contributed by atoms with Gasteiger partial charge < -0.3 is 10.6 Å². The van der Waals surface area contributed by atoms with E-state index in [1.807, 2.05) is 0 Å². The van der Waals surface area contributed by atoms with Gasteiger partial charge in [0.2, 0.25) is 5.91 Å². The van der Waals surface area contributed by atoms with E-state index in [4.69, 9.17) is 5.73 Å². The Balaban J connectivity index is 2.75. The van der Waals surface area contributed by atoms with E-state index in [9.17, 15) is 9.59 Å². The highest BCUT2D eigenvalue weighted by molar-refractivity contribution is 5.80. The SMILES string of the molecule is CN(CC(N)=O)c1ccc(C=O)cc1. The molecule has 0 saturated heterocycles. The zero-order valence-electron chi connectivity index (χ0n) is 7.93. The number of primary amides is 1. The molecule has 1 rings (SSSR count). The summed E-state index contributed by atoms with van der Waals surface area (Å²) in [4.78, 5) is 22.7. The number of hydrogen-bond donors (Lipinski definition) is 1. The summed E-state index contributed by atoms with van der Waals surface area (Å²) >= 11 is 0. The first-order valence-electron chi connectivity index (χ1n) is 4.18. The maximum atomic E-state index is 10.6. The van der Waals surface area contributed by atoms with Gasteiger partial charge in [-0.15, -0.1) is 0 Å². The molecule has 4 nitrogen and oxygen atoms in total. The van der Waals surface area contributed by atoms with E-state index in [0.29, 0.717) is 5.56 Å². The predicted molar refractivity (Wildman–Crippen MR) is 54.3 cm³/mol. The largest absolute Gasteiger partial charge is 0.368 e. The molecule has 0 aromatic heterocycles. The Morgan fingerprint density at radius 3 is 2.43 bits per heavy atom. The van der Waals surface area contributed by atoms with Crippen molar-refractivity contribution in [3.05, 3.63) is 29.8 Å². The average Bonchev–Trinajstić information content (AvgIpc) is 2.17. The molecule has 0 bridgehead atoms. The number of carbonyl (C=O) groups is 2. The molecule has 0 saturated carbocycles. The number of aldehydes is 1. The van der Waals surface area contributed by atoms with Crippen LogP contribution in [0.5, 0.6) is 0 Å². The highest BCUT2D eigenvalue weighted by Gasteiger charge is 2.03. The van der Waals surface area contributed by atoms with Crippen molar-refractivity contribution >= 4 is 17.9 Å². The molecule has 0 heterocycles. The third-order valence-corrected chi connectivity index (χ3v) is 1.86. The van der Waals surface area contributed by atoms with Gasteiger partial charge in [-0.25, -0.2) is 0 Å². The fourth-order valence-corrected chi connectivity index (χ4v) is 1.13. The summed E-state index contributed by atoms with van der Waals surface area (Å²) in [5.74, 6) is -0.382. The molecule has 0 atom stereocenters. The lowest BCUT2D eigenvalue weighted by molar-refractivity contribution is -0.116. The summed E-state index contributed by atoms with van der Waals surface area (Å²) in [6, 6.07) is 6.93. The molecule has 0 aliphatic heterocycles. The Hall–Kier alpha value is -1.84. The van der Waals surface area contributed by atoms with Crippen molar-refractivity contribution < 1.29 is 9.59 Å². The van der Waals surface area contributed by atoms with E-state index in [-0.39, 0.29) is 12.5 Å². The lowest BCUT2D eigenvalue weighted by Gasteiger charge is -2.16. The summed E-state index contributed by atoms with van der Waals surface area (Å²) in [6.45, 7) is 0.167. The number of amides is 1. The zero-order valence-corrected chi connectivity index (χ0v) is 7.93. The van der Waals surface area contributed by atoms with Crippen LogP contribution in [0.3, 0.4) is 0 Å². The van der Waals surface area contributed by atoms with Crippen molar-refractivity contribution in [2.75, 3.05) is 18.5 Å². The Bertz CT molecular complexity index is 332. The van der Waals surface area contributed by atoms with Crippen molar-refractivity contribution in [1.82, 2.24) is 0 Å². The summed E-state index contributed by atoms with van der Waals surface area (Å²) in [6.07, 6.45) is 0.776. The maximum Gasteiger partial charge on any atom is 0.236 e. The van der Waals surface area contributed by atoms with Crippen molar-refractivity contribution in [1.29, 1.82) is 0 Å². The molecule has 0 spiro atoms. The molecular weight excluding hydrogens is 180 g/mol. The fraction of sp³-hybridized carbons (Fsp3) is 0.200. The minimum atomic E-state index is -0.382. The van der Waals surface area contributed by atoms with Gasteiger partial charge in [0.15, 0.2) is 0 Å². The molecule has 0 fully saturated rings. The van der Waals surface area contributed by atoms with Gasteiger partial charge in [-0.1, -0.05) is 0 Å². The second-order valence-electron chi connectivity index (χ2n) is 3.03. The summed E-state index contributed by atoms with van der Waals surface area (Å²) < 4.78 is 0. The second kappa shape index (κ2) is 4.41. The smallest absolute Gasteiger partial charge is 0.236 e. The monoisotopic (exact) mass is 192 g/mol. The minimum absolute atomic E-state index is 0.167. The van der Waals surface area contributed by atoms with Gasteiger partial charge in [-0.05, 0) is 24.3 Å². The van der Waals surface area contributed by atoms with Crippen LogP contribution in [0.4, 0.5) is 5.69 Å². The number of nitrogens with two attached hydrogens (primary N) is 1. The van der Waals surface area contributed by atoms with Crippen LogP contribution in [-0.4, -0.2) is 25.8 Å². The quantitative estimate of drug-likeness (QED) is 0.703. The summed E-state index contributed by atoms with van der Waals surface area (Å²) in [5.41, 5.74) is 6.52. The van der Waals surface area contributed by atoms with Gasteiger partial charge in [0.1, 0.15) is 6.29 Å². The fourth-order valence-electron chi connectivity index (χ4n) is 1.13. The van der Waals surface area contributed by atoms with Gasteiger partial charge in [0, 0.05) is 18.3 Å². The van der Waals surface area contributed by atoms with Crippen LogP contribution in [0, 0.1) is 0 Å². The normalized spacial score (nSPS) is 9.50. The Labute approximate surface area is 82.3 Å². The topological polar surface area (TPSA) is 63.4 Å². The van der Waals surface area contributed by atoms with Crippen LogP contribution in [0.2, 0.25) is 0 Å². The van der Waals surface area contributed by atoms with E-state index >= 15 is 0 Å². The molecule has 74 valence electrons. The molecule has 0 unspecified atom stereocenters. The number of nitrogens with zero attached hydrogens (tertiary/aromatic N) is 1. The first-order valence-corrected chi connectivity index (χ1v) is 4.18. The lowest BCUT2D eigenvalue weighted by Crippen LogP contribution is -2.30. The summed E-state index contributed by atoms with van der Waals surface area (Å²) in [5, 5.41) is 0. The Morgan fingerprint density at radius 2 is 2.00 bits per heavy atom. The number of anilines is 1. The van der Waals surface area contributed by atoms with Gasteiger partial charge in [-0.3, -0.25) is 9.59 Å². The van der Waals surface area contributed by atoms with E-state index < -0.39 is 0 Å². The van der Waals surface area contributed by atoms with E-state index in [1.54, 1.807) is 36.2 Å². The summed E-state index contributed by atoms with van der Waals surface area (Å²) in [7, 11) is 1.76. The maximum absolute atomic E-state index is 10.6. The Kier molecular flexibility index (Phi) is 3.23. The number of hydrogen-bond acceptors (Lipinski definition) is 3. The van der Waals surface area contributed by atoms with E-state index in [1.165, 1.54) is 0 Å². The molecule has 1 amide bonds. The predicted octanol–water partition coefficient (Wildman–Crippen LogP) is 0.421. The van der Waals surface area contributed by atoms with Crippen LogP contribution in [-0.2, 0) is 4.79 Å².